The lowest BCUT2D eigenvalue weighted by molar-refractivity contribution is 0.288. The molecule has 0 radical (unpaired) electrons. The van der Waals surface area contributed by atoms with E-state index in [4.69, 9.17) is 4.74 Å². The van der Waals surface area contributed by atoms with Crippen LogP contribution < -0.4 is 10.1 Å². The van der Waals surface area contributed by atoms with E-state index in [1.54, 1.807) is 7.11 Å². The zero-order chi connectivity index (χ0) is 12.8. The highest BCUT2D eigenvalue weighted by Gasteiger charge is 2.15. The molecule has 100 valence electrons. The molecular weight excluding hydrogens is 224 g/mol. The quantitative estimate of drug-likeness (QED) is 0.830. The van der Waals surface area contributed by atoms with E-state index in [1.165, 1.54) is 31.6 Å². The number of likely N-dealkylation sites (N-methyl/N-ethyl adjacent to an activating group) is 1. The maximum absolute atomic E-state index is 5.25. The summed E-state index contributed by atoms with van der Waals surface area (Å²) < 4.78 is 5.25. The second kappa shape index (κ2) is 6.76. The number of nitrogens with one attached hydrogen (secondary N) is 1. The van der Waals surface area contributed by atoms with Crippen LogP contribution in [0.4, 0.5) is 0 Å². The molecule has 0 spiro atoms. The van der Waals surface area contributed by atoms with Crippen LogP contribution in [0.5, 0.6) is 5.75 Å². The standard InChI is InChI=1S/C15H24N2O/c1-17(12-14-6-8-16-11-14)9-7-13-4-3-5-15(10-13)18-2/h3-5,10,14,16H,6-9,11-12H2,1-2H3. The van der Waals surface area contributed by atoms with Crippen LogP contribution in [0, 0.1) is 5.92 Å². The summed E-state index contributed by atoms with van der Waals surface area (Å²) in [5.41, 5.74) is 1.35. The fourth-order valence-corrected chi connectivity index (χ4v) is 2.55. The molecule has 1 N–H and O–H groups in total. The summed E-state index contributed by atoms with van der Waals surface area (Å²) in [5.74, 6) is 1.79. The van der Waals surface area contributed by atoms with Crippen LogP contribution in [-0.2, 0) is 6.42 Å². The minimum Gasteiger partial charge on any atom is -0.497 e. The predicted octanol–water partition coefficient (Wildman–Crippen LogP) is 1.78. The summed E-state index contributed by atoms with van der Waals surface area (Å²) in [6.45, 7) is 4.69. The molecule has 1 aliphatic heterocycles. The molecule has 18 heavy (non-hydrogen) atoms. The Morgan fingerprint density at radius 2 is 2.33 bits per heavy atom. The Morgan fingerprint density at radius 1 is 1.44 bits per heavy atom. The third-order valence-electron chi connectivity index (χ3n) is 3.65. The molecule has 1 aromatic carbocycles. The topological polar surface area (TPSA) is 24.5 Å². The highest BCUT2D eigenvalue weighted by Crippen LogP contribution is 2.14. The molecule has 0 saturated carbocycles. The molecule has 0 bridgehead atoms. The predicted molar refractivity (Wildman–Crippen MR) is 75.2 cm³/mol. The number of rotatable bonds is 6. The molecule has 1 atom stereocenters. The van der Waals surface area contributed by atoms with Gasteiger partial charge in [-0.3, -0.25) is 0 Å². The van der Waals surface area contributed by atoms with Gasteiger partial charge in [0.15, 0.2) is 0 Å². The zero-order valence-electron chi connectivity index (χ0n) is 11.5. The number of nitrogens with zero attached hydrogens (tertiary/aromatic N) is 1. The normalized spacial score (nSPS) is 19.4. The van der Waals surface area contributed by atoms with Gasteiger partial charge in [0.1, 0.15) is 5.75 Å². The van der Waals surface area contributed by atoms with Crippen molar-refractivity contribution in [2.75, 3.05) is 40.3 Å². The van der Waals surface area contributed by atoms with Crippen LogP contribution in [0.2, 0.25) is 0 Å². The van der Waals surface area contributed by atoms with Gasteiger partial charge in [0.05, 0.1) is 7.11 Å². The van der Waals surface area contributed by atoms with E-state index in [9.17, 15) is 0 Å². The molecule has 3 nitrogen and oxygen atoms in total. The largest absolute Gasteiger partial charge is 0.497 e. The lowest BCUT2D eigenvalue weighted by Gasteiger charge is -2.20. The van der Waals surface area contributed by atoms with E-state index in [0.29, 0.717) is 0 Å². The van der Waals surface area contributed by atoms with Crippen LogP contribution in [0.15, 0.2) is 24.3 Å². The third kappa shape index (κ3) is 4.00. The smallest absolute Gasteiger partial charge is 0.119 e. The Balaban J connectivity index is 1.75. The number of benzene rings is 1. The van der Waals surface area contributed by atoms with Gasteiger partial charge in [0.2, 0.25) is 0 Å². The van der Waals surface area contributed by atoms with Gasteiger partial charge in [0.25, 0.3) is 0 Å². The Hall–Kier alpha value is -1.06. The fraction of sp³-hybridized carbons (Fsp3) is 0.600. The first-order chi connectivity index (χ1) is 8.78. The van der Waals surface area contributed by atoms with Gasteiger partial charge < -0.3 is 15.0 Å². The molecule has 0 amide bonds. The molecule has 0 aliphatic carbocycles. The Kier molecular flexibility index (Phi) is 5.02. The first kappa shape index (κ1) is 13.4. The number of hydrogen-bond acceptors (Lipinski definition) is 3. The van der Waals surface area contributed by atoms with Crippen molar-refractivity contribution in [2.24, 2.45) is 5.92 Å². The van der Waals surface area contributed by atoms with Crippen molar-refractivity contribution >= 4 is 0 Å². The van der Waals surface area contributed by atoms with Crippen LogP contribution in [-0.4, -0.2) is 45.2 Å². The Labute approximate surface area is 110 Å². The average Bonchev–Trinajstić information content (AvgIpc) is 2.89. The van der Waals surface area contributed by atoms with E-state index < -0.39 is 0 Å². The Morgan fingerprint density at radius 3 is 3.06 bits per heavy atom. The van der Waals surface area contributed by atoms with Crippen molar-refractivity contribution in [3.8, 4) is 5.75 Å². The van der Waals surface area contributed by atoms with Crippen molar-refractivity contribution in [3.05, 3.63) is 29.8 Å². The van der Waals surface area contributed by atoms with Gasteiger partial charge in [-0.15, -0.1) is 0 Å². The van der Waals surface area contributed by atoms with Gasteiger partial charge >= 0.3 is 0 Å². The molecule has 1 aliphatic rings. The number of ether oxygens (including phenoxy) is 1. The van der Waals surface area contributed by atoms with E-state index in [0.717, 1.165) is 24.6 Å². The molecule has 1 aromatic rings. The van der Waals surface area contributed by atoms with Crippen molar-refractivity contribution in [1.82, 2.24) is 10.2 Å². The minimum absolute atomic E-state index is 0.834. The summed E-state index contributed by atoms with van der Waals surface area (Å²) in [6.07, 6.45) is 2.41. The van der Waals surface area contributed by atoms with Crippen molar-refractivity contribution in [3.63, 3.8) is 0 Å². The molecule has 0 aromatic heterocycles. The number of hydrogen-bond donors (Lipinski definition) is 1. The first-order valence-corrected chi connectivity index (χ1v) is 6.80. The second-order valence-corrected chi connectivity index (χ2v) is 5.22. The summed E-state index contributed by atoms with van der Waals surface area (Å²) in [5, 5.41) is 3.42. The highest BCUT2D eigenvalue weighted by molar-refractivity contribution is 5.28. The fourth-order valence-electron chi connectivity index (χ4n) is 2.55. The van der Waals surface area contributed by atoms with E-state index in [1.807, 2.05) is 6.07 Å². The third-order valence-corrected chi connectivity index (χ3v) is 3.65. The van der Waals surface area contributed by atoms with Gasteiger partial charge in [-0.1, -0.05) is 12.1 Å². The molecule has 1 unspecified atom stereocenters. The van der Waals surface area contributed by atoms with Gasteiger partial charge in [-0.2, -0.15) is 0 Å². The molecule has 2 rings (SSSR count). The van der Waals surface area contributed by atoms with E-state index in [2.05, 4.69) is 35.5 Å². The number of methoxy groups -OCH3 is 1. The highest BCUT2D eigenvalue weighted by atomic mass is 16.5. The Bertz CT molecular complexity index is 361. The summed E-state index contributed by atoms with van der Waals surface area (Å²) >= 11 is 0. The molecule has 3 heteroatoms. The van der Waals surface area contributed by atoms with Crippen LogP contribution in [0.25, 0.3) is 0 Å². The molecule has 1 heterocycles. The minimum atomic E-state index is 0.834. The summed E-state index contributed by atoms with van der Waals surface area (Å²) in [4.78, 5) is 2.44. The zero-order valence-corrected chi connectivity index (χ0v) is 11.5. The second-order valence-electron chi connectivity index (χ2n) is 5.22. The summed E-state index contributed by atoms with van der Waals surface area (Å²) in [7, 11) is 3.94. The monoisotopic (exact) mass is 248 g/mol. The molecular formula is C15H24N2O. The van der Waals surface area contributed by atoms with Gasteiger partial charge in [-0.25, -0.2) is 0 Å². The van der Waals surface area contributed by atoms with Gasteiger partial charge in [-0.05, 0) is 56.6 Å². The lowest BCUT2D eigenvalue weighted by atomic mass is 10.1. The maximum atomic E-state index is 5.25. The van der Waals surface area contributed by atoms with E-state index >= 15 is 0 Å². The summed E-state index contributed by atoms with van der Waals surface area (Å²) in [6, 6.07) is 8.37. The van der Waals surface area contributed by atoms with Crippen molar-refractivity contribution in [2.45, 2.75) is 12.8 Å². The van der Waals surface area contributed by atoms with E-state index in [-0.39, 0.29) is 0 Å². The maximum Gasteiger partial charge on any atom is 0.119 e. The van der Waals surface area contributed by atoms with Crippen LogP contribution >= 0.6 is 0 Å². The average molecular weight is 248 g/mol. The first-order valence-electron chi connectivity index (χ1n) is 6.80. The lowest BCUT2D eigenvalue weighted by Crippen LogP contribution is -2.28. The van der Waals surface area contributed by atoms with Gasteiger partial charge in [0, 0.05) is 13.1 Å². The molecule has 1 fully saturated rings. The molecule has 1 saturated heterocycles. The van der Waals surface area contributed by atoms with Crippen molar-refractivity contribution < 1.29 is 4.74 Å². The van der Waals surface area contributed by atoms with Crippen molar-refractivity contribution in [1.29, 1.82) is 0 Å². The SMILES string of the molecule is COc1cccc(CCN(C)CC2CCNC2)c1. The van der Waals surface area contributed by atoms with Crippen LogP contribution in [0.3, 0.4) is 0 Å². The van der Waals surface area contributed by atoms with Crippen LogP contribution in [0.1, 0.15) is 12.0 Å².